The van der Waals surface area contributed by atoms with E-state index in [0.717, 1.165) is 15.6 Å². The Morgan fingerprint density at radius 3 is 2.50 bits per heavy atom. The normalized spacial score (nSPS) is 11.0. The van der Waals surface area contributed by atoms with Crippen LogP contribution in [-0.4, -0.2) is 28.8 Å². The van der Waals surface area contributed by atoms with Crippen LogP contribution in [0.4, 0.5) is 8.78 Å². The summed E-state index contributed by atoms with van der Waals surface area (Å²) < 4.78 is 29.7. The molecule has 8 heteroatoms. The molecule has 6 nitrogen and oxygen atoms in total. The first-order valence-electron chi connectivity index (χ1n) is 8.71. The molecule has 0 fully saturated rings. The minimum absolute atomic E-state index is 0.0832. The molecule has 0 saturated heterocycles. The minimum Gasteiger partial charge on any atom is -0.435 e. The van der Waals surface area contributed by atoms with Crippen molar-refractivity contribution >= 4 is 16.7 Å². The predicted octanol–water partition coefficient (Wildman–Crippen LogP) is 2.67. The lowest BCUT2D eigenvalue weighted by Crippen LogP contribution is -2.35. The number of hydrogen-bond donors (Lipinski definition) is 1. The van der Waals surface area contributed by atoms with Gasteiger partial charge in [0.1, 0.15) is 12.3 Å². The molecule has 3 aromatic rings. The van der Waals surface area contributed by atoms with E-state index >= 15 is 0 Å². The average molecular weight is 387 g/mol. The molecule has 0 aliphatic heterocycles. The fraction of sp³-hybridized carbons (Fsp3) is 0.250. The van der Waals surface area contributed by atoms with E-state index in [4.69, 9.17) is 0 Å². The smallest absolute Gasteiger partial charge is 0.387 e. The fourth-order valence-corrected chi connectivity index (χ4v) is 2.89. The lowest BCUT2D eigenvalue weighted by atomic mass is 10.1. The summed E-state index contributed by atoms with van der Waals surface area (Å²) in [5.41, 5.74) is 1.22. The second-order valence-corrected chi connectivity index (χ2v) is 6.22. The second-order valence-electron chi connectivity index (χ2n) is 6.22. The lowest BCUT2D eigenvalue weighted by Gasteiger charge is -2.10. The van der Waals surface area contributed by atoms with Crippen molar-refractivity contribution in [2.75, 3.05) is 6.54 Å². The predicted molar refractivity (Wildman–Crippen MR) is 101 cm³/mol. The molecule has 0 spiro atoms. The molecular weight excluding hydrogens is 368 g/mol. The first kappa shape index (κ1) is 19.5. The molecule has 0 aliphatic rings. The molecular formula is C20H19F2N3O3. The van der Waals surface area contributed by atoms with Crippen LogP contribution in [0, 0.1) is 6.92 Å². The van der Waals surface area contributed by atoms with Crippen LogP contribution in [0.2, 0.25) is 0 Å². The van der Waals surface area contributed by atoms with E-state index in [1.54, 1.807) is 31.2 Å². The van der Waals surface area contributed by atoms with Gasteiger partial charge in [0.25, 0.3) is 5.56 Å². The van der Waals surface area contributed by atoms with Crippen LogP contribution < -0.4 is 15.6 Å². The summed E-state index contributed by atoms with van der Waals surface area (Å²) in [7, 11) is 0. The van der Waals surface area contributed by atoms with E-state index in [1.165, 1.54) is 12.1 Å². The van der Waals surface area contributed by atoms with Gasteiger partial charge in [0.05, 0.1) is 11.1 Å². The van der Waals surface area contributed by atoms with Gasteiger partial charge in [0, 0.05) is 11.9 Å². The molecule has 1 heterocycles. The van der Waals surface area contributed by atoms with Crippen LogP contribution in [0.5, 0.6) is 5.75 Å². The number of aryl methyl sites for hydroxylation is 1. The van der Waals surface area contributed by atoms with E-state index in [9.17, 15) is 18.4 Å². The number of carbonyl (C=O) groups excluding carboxylic acids is 1. The first-order valence-corrected chi connectivity index (χ1v) is 8.71. The number of benzene rings is 2. The molecule has 0 atom stereocenters. The van der Waals surface area contributed by atoms with Crippen LogP contribution in [0.3, 0.4) is 0 Å². The van der Waals surface area contributed by atoms with E-state index in [2.05, 4.69) is 15.2 Å². The number of amides is 1. The van der Waals surface area contributed by atoms with Gasteiger partial charge in [0.2, 0.25) is 5.91 Å². The van der Waals surface area contributed by atoms with Gasteiger partial charge in [-0.1, -0.05) is 30.3 Å². The highest BCUT2D eigenvalue weighted by molar-refractivity contribution is 5.83. The number of nitrogens with one attached hydrogen (secondary N) is 1. The Balaban J connectivity index is 1.57. The third kappa shape index (κ3) is 4.70. The summed E-state index contributed by atoms with van der Waals surface area (Å²) in [6.45, 7) is -0.903. The Bertz CT molecular complexity index is 1030. The third-order valence-corrected chi connectivity index (χ3v) is 4.23. The maximum Gasteiger partial charge on any atom is 0.387 e. The standard InChI is InChI=1S/C20H19F2N3O3/c1-13-16-4-2-3-5-17(16)19(27)25(24-13)12-18(26)23-11-10-14-6-8-15(9-7-14)28-20(21)22/h2-9,20H,10-12H2,1H3,(H,23,26). The molecule has 0 bridgehead atoms. The van der Waals surface area contributed by atoms with Crippen LogP contribution >= 0.6 is 0 Å². The Morgan fingerprint density at radius 2 is 1.82 bits per heavy atom. The zero-order valence-electron chi connectivity index (χ0n) is 15.2. The van der Waals surface area contributed by atoms with Gasteiger partial charge in [0.15, 0.2) is 0 Å². The summed E-state index contributed by atoms with van der Waals surface area (Å²) in [5, 5.41) is 8.23. The zero-order valence-corrected chi connectivity index (χ0v) is 15.2. The van der Waals surface area contributed by atoms with Crippen molar-refractivity contribution < 1.29 is 18.3 Å². The van der Waals surface area contributed by atoms with E-state index < -0.39 is 6.61 Å². The molecule has 28 heavy (non-hydrogen) atoms. The van der Waals surface area contributed by atoms with Gasteiger partial charge >= 0.3 is 6.61 Å². The van der Waals surface area contributed by atoms with Crippen molar-refractivity contribution in [1.82, 2.24) is 15.1 Å². The van der Waals surface area contributed by atoms with Gasteiger partial charge in [-0.3, -0.25) is 9.59 Å². The second kappa shape index (κ2) is 8.60. The SMILES string of the molecule is Cc1nn(CC(=O)NCCc2ccc(OC(F)F)cc2)c(=O)c2ccccc12. The largest absolute Gasteiger partial charge is 0.435 e. The molecule has 3 rings (SSSR count). The van der Waals surface area contributed by atoms with E-state index in [1.807, 2.05) is 12.1 Å². The Kier molecular flexibility index (Phi) is 5.98. The average Bonchev–Trinajstić information content (AvgIpc) is 2.67. The van der Waals surface area contributed by atoms with Crippen molar-refractivity contribution in [2.45, 2.75) is 26.5 Å². The molecule has 146 valence electrons. The van der Waals surface area contributed by atoms with Crippen molar-refractivity contribution in [3.05, 3.63) is 70.1 Å². The topological polar surface area (TPSA) is 73.2 Å². The number of hydrogen-bond acceptors (Lipinski definition) is 4. The number of halogens is 2. The zero-order chi connectivity index (χ0) is 20.1. The van der Waals surface area contributed by atoms with Gasteiger partial charge < -0.3 is 10.1 Å². The molecule has 1 N–H and O–H groups in total. The van der Waals surface area contributed by atoms with Crippen LogP contribution in [-0.2, 0) is 17.8 Å². The summed E-state index contributed by atoms with van der Waals surface area (Å²) in [6.07, 6.45) is 0.514. The van der Waals surface area contributed by atoms with Crippen molar-refractivity contribution in [3.8, 4) is 5.75 Å². The monoisotopic (exact) mass is 387 g/mol. The highest BCUT2D eigenvalue weighted by Gasteiger charge is 2.10. The molecule has 1 amide bonds. The van der Waals surface area contributed by atoms with Crippen molar-refractivity contribution in [1.29, 1.82) is 0 Å². The molecule has 1 aromatic heterocycles. The van der Waals surface area contributed by atoms with Crippen molar-refractivity contribution in [2.24, 2.45) is 0 Å². The van der Waals surface area contributed by atoms with E-state index in [-0.39, 0.29) is 23.8 Å². The third-order valence-electron chi connectivity index (χ3n) is 4.23. The quantitative estimate of drug-likeness (QED) is 0.677. The molecule has 2 aromatic carbocycles. The van der Waals surface area contributed by atoms with E-state index in [0.29, 0.717) is 24.0 Å². The summed E-state index contributed by atoms with van der Waals surface area (Å²) in [6, 6.07) is 13.3. The number of fused-ring (bicyclic) bond motifs is 1. The highest BCUT2D eigenvalue weighted by Crippen LogP contribution is 2.15. The maximum atomic E-state index is 12.5. The molecule has 0 saturated carbocycles. The lowest BCUT2D eigenvalue weighted by molar-refractivity contribution is -0.121. The van der Waals surface area contributed by atoms with Crippen LogP contribution in [0.15, 0.2) is 53.3 Å². The maximum absolute atomic E-state index is 12.5. The fourth-order valence-electron chi connectivity index (χ4n) is 2.89. The Hall–Kier alpha value is -3.29. The number of carbonyl (C=O) groups is 1. The summed E-state index contributed by atoms with van der Waals surface area (Å²) in [5.74, 6) is -0.248. The number of nitrogens with zero attached hydrogens (tertiary/aromatic N) is 2. The first-order chi connectivity index (χ1) is 13.4. The van der Waals surface area contributed by atoms with Crippen LogP contribution in [0.1, 0.15) is 11.3 Å². The van der Waals surface area contributed by atoms with Gasteiger partial charge in [-0.05, 0) is 37.1 Å². The van der Waals surface area contributed by atoms with Gasteiger partial charge in [-0.2, -0.15) is 13.9 Å². The highest BCUT2D eigenvalue weighted by atomic mass is 19.3. The number of ether oxygens (including phenoxy) is 1. The van der Waals surface area contributed by atoms with Gasteiger partial charge in [-0.25, -0.2) is 4.68 Å². The molecule has 0 aliphatic carbocycles. The Morgan fingerprint density at radius 1 is 1.14 bits per heavy atom. The molecule has 0 radical (unpaired) electrons. The van der Waals surface area contributed by atoms with Crippen LogP contribution in [0.25, 0.3) is 10.8 Å². The number of aromatic nitrogens is 2. The Labute approximate surface area is 159 Å². The summed E-state index contributed by atoms with van der Waals surface area (Å²) in [4.78, 5) is 24.6. The molecule has 0 unspecified atom stereocenters. The minimum atomic E-state index is -2.86. The summed E-state index contributed by atoms with van der Waals surface area (Å²) >= 11 is 0. The van der Waals surface area contributed by atoms with Crippen molar-refractivity contribution in [3.63, 3.8) is 0 Å². The number of alkyl halides is 2. The number of rotatable bonds is 7. The van der Waals surface area contributed by atoms with Gasteiger partial charge in [-0.15, -0.1) is 0 Å².